The van der Waals surface area contributed by atoms with Gasteiger partial charge in [-0.05, 0) is 35.0 Å². The first-order valence-electron chi connectivity index (χ1n) is 8.50. The van der Waals surface area contributed by atoms with Gasteiger partial charge in [0.15, 0.2) is 0 Å². The number of aliphatic carboxylic acids is 1. The molecule has 0 saturated heterocycles. The molecule has 0 aromatic heterocycles. The molecule has 10 heteroatoms. The zero-order valence-corrected chi connectivity index (χ0v) is 17.4. The van der Waals surface area contributed by atoms with Crippen LogP contribution in [0.25, 0.3) is 10.8 Å². The van der Waals surface area contributed by atoms with Gasteiger partial charge in [0.1, 0.15) is 6.54 Å². The predicted octanol–water partition coefficient (Wildman–Crippen LogP) is 5.26. The largest absolute Gasteiger partial charge is 0.480 e. The second-order valence-corrected chi connectivity index (χ2v) is 7.40. The molecule has 0 unspecified atom stereocenters. The molecule has 0 bridgehead atoms. The van der Waals surface area contributed by atoms with Crippen LogP contribution in [0, 0.1) is 0 Å². The molecule has 0 heterocycles. The van der Waals surface area contributed by atoms with Gasteiger partial charge in [-0.25, -0.2) is 4.79 Å². The second-order valence-electron chi connectivity index (χ2n) is 6.14. The third-order valence-electron chi connectivity index (χ3n) is 4.02. The van der Waals surface area contributed by atoms with E-state index in [2.05, 4.69) is 16.0 Å². The summed E-state index contributed by atoms with van der Waals surface area (Å²) in [6.07, 6.45) is 0. The van der Waals surface area contributed by atoms with Crippen molar-refractivity contribution in [2.24, 2.45) is 0 Å². The number of fused-ring (bicyclic) bond motifs is 1. The highest BCUT2D eigenvalue weighted by atomic mass is 35.5. The van der Waals surface area contributed by atoms with Crippen molar-refractivity contribution in [1.82, 2.24) is 5.32 Å². The molecule has 0 fully saturated rings. The molecule has 0 saturated carbocycles. The summed E-state index contributed by atoms with van der Waals surface area (Å²) in [4.78, 5) is 35.8. The lowest BCUT2D eigenvalue weighted by molar-refractivity contribution is -0.135. The van der Waals surface area contributed by atoms with Crippen LogP contribution in [0.5, 0.6) is 0 Å². The number of rotatable bonds is 5. The summed E-state index contributed by atoms with van der Waals surface area (Å²) >= 11 is 18.0. The summed E-state index contributed by atoms with van der Waals surface area (Å²) in [5, 5.41) is 18.3. The fourth-order valence-electron chi connectivity index (χ4n) is 2.71. The summed E-state index contributed by atoms with van der Waals surface area (Å²) in [5.74, 6) is -1.84. The van der Waals surface area contributed by atoms with Gasteiger partial charge in [0, 0.05) is 5.02 Å². The van der Waals surface area contributed by atoms with E-state index >= 15 is 0 Å². The van der Waals surface area contributed by atoms with E-state index in [1.165, 1.54) is 12.1 Å². The van der Waals surface area contributed by atoms with E-state index in [9.17, 15) is 14.4 Å². The smallest absolute Gasteiger partial charge is 0.323 e. The highest BCUT2D eigenvalue weighted by Gasteiger charge is 2.17. The SMILES string of the molecule is O=C(O)CNC(=O)c1cc2ccccc2cc1NC(=O)Nc1c(Cl)cc(Cl)cc1Cl. The molecule has 0 atom stereocenters. The number of carboxylic acids is 1. The number of amides is 3. The quantitative estimate of drug-likeness (QED) is 0.411. The van der Waals surface area contributed by atoms with Crippen LogP contribution in [0.1, 0.15) is 10.4 Å². The van der Waals surface area contributed by atoms with E-state index < -0.39 is 24.5 Å². The Balaban J connectivity index is 1.92. The Bertz CT molecular complexity index is 1140. The van der Waals surface area contributed by atoms with Gasteiger partial charge in [-0.1, -0.05) is 59.1 Å². The molecule has 0 aliphatic carbocycles. The number of benzene rings is 3. The Morgan fingerprint density at radius 2 is 1.47 bits per heavy atom. The molecule has 154 valence electrons. The number of carboxylic acid groups (broad SMARTS) is 1. The van der Waals surface area contributed by atoms with Crippen molar-refractivity contribution in [1.29, 1.82) is 0 Å². The highest BCUT2D eigenvalue weighted by Crippen LogP contribution is 2.34. The van der Waals surface area contributed by atoms with Gasteiger partial charge in [-0.15, -0.1) is 0 Å². The molecule has 4 N–H and O–H groups in total. The first-order valence-corrected chi connectivity index (χ1v) is 9.63. The Labute approximate surface area is 185 Å². The first kappa shape index (κ1) is 21.7. The van der Waals surface area contributed by atoms with Crippen LogP contribution in [0.4, 0.5) is 16.2 Å². The lowest BCUT2D eigenvalue weighted by Crippen LogP contribution is -2.30. The topological polar surface area (TPSA) is 108 Å². The maximum atomic E-state index is 12.5. The molecule has 0 aliphatic rings. The molecular formula is C20H14Cl3N3O4. The van der Waals surface area contributed by atoms with Crippen molar-refractivity contribution in [3.8, 4) is 0 Å². The Kier molecular flexibility index (Phi) is 6.66. The van der Waals surface area contributed by atoms with E-state index in [0.717, 1.165) is 10.8 Å². The van der Waals surface area contributed by atoms with E-state index in [1.54, 1.807) is 24.3 Å². The number of urea groups is 1. The molecule has 0 radical (unpaired) electrons. The van der Waals surface area contributed by atoms with Crippen LogP contribution in [0.3, 0.4) is 0 Å². The van der Waals surface area contributed by atoms with Gasteiger partial charge in [0.05, 0.1) is 27.0 Å². The Hall–Kier alpha value is -3.00. The number of carbonyl (C=O) groups excluding carboxylic acids is 2. The van der Waals surface area contributed by atoms with Gasteiger partial charge in [0.2, 0.25) is 0 Å². The number of anilines is 2. The average Bonchev–Trinajstić information content (AvgIpc) is 2.68. The third kappa shape index (κ3) is 5.13. The van der Waals surface area contributed by atoms with E-state index in [1.807, 2.05) is 12.1 Å². The Morgan fingerprint density at radius 1 is 0.867 bits per heavy atom. The van der Waals surface area contributed by atoms with Gasteiger partial charge < -0.3 is 21.1 Å². The monoisotopic (exact) mass is 465 g/mol. The number of hydrogen-bond acceptors (Lipinski definition) is 3. The van der Waals surface area contributed by atoms with Gasteiger partial charge >= 0.3 is 12.0 Å². The molecular weight excluding hydrogens is 453 g/mol. The maximum absolute atomic E-state index is 12.5. The lowest BCUT2D eigenvalue weighted by atomic mass is 10.0. The maximum Gasteiger partial charge on any atom is 0.323 e. The fourth-order valence-corrected chi connectivity index (χ4v) is 3.62. The minimum absolute atomic E-state index is 0.0957. The fraction of sp³-hybridized carbons (Fsp3) is 0.0500. The van der Waals surface area contributed by atoms with Crippen molar-refractivity contribution in [3.05, 3.63) is 69.2 Å². The standard InChI is InChI=1S/C20H14Cl3N3O4/c21-12-7-14(22)18(15(23)8-12)26-20(30)25-16-6-11-4-2-1-3-10(11)5-13(16)19(29)24-9-17(27)28/h1-8H,9H2,(H,24,29)(H,27,28)(H2,25,26,30). The van der Waals surface area contributed by atoms with Crippen LogP contribution in [0.15, 0.2) is 48.5 Å². The minimum Gasteiger partial charge on any atom is -0.480 e. The van der Waals surface area contributed by atoms with Crippen LogP contribution in [-0.4, -0.2) is 29.6 Å². The van der Waals surface area contributed by atoms with Crippen molar-refractivity contribution < 1.29 is 19.5 Å². The summed E-state index contributed by atoms with van der Waals surface area (Å²) in [6.45, 7) is -0.562. The van der Waals surface area contributed by atoms with Crippen molar-refractivity contribution in [3.63, 3.8) is 0 Å². The van der Waals surface area contributed by atoms with Crippen molar-refractivity contribution in [2.45, 2.75) is 0 Å². The van der Waals surface area contributed by atoms with E-state index in [-0.39, 0.29) is 27.0 Å². The molecule has 3 aromatic carbocycles. The molecule has 0 spiro atoms. The van der Waals surface area contributed by atoms with Crippen LogP contribution in [0.2, 0.25) is 15.1 Å². The average molecular weight is 467 g/mol. The van der Waals surface area contributed by atoms with Crippen LogP contribution < -0.4 is 16.0 Å². The van der Waals surface area contributed by atoms with Gasteiger partial charge in [-0.3, -0.25) is 9.59 Å². The zero-order valence-electron chi connectivity index (χ0n) is 15.1. The molecule has 7 nitrogen and oxygen atoms in total. The number of carbonyl (C=O) groups is 3. The van der Waals surface area contributed by atoms with Crippen LogP contribution in [-0.2, 0) is 4.79 Å². The molecule has 3 aromatic rings. The highest BCUT2D eigenvalue weighted by molar-refractivity contribution is 6.42. The number of halogens is 3. The zero-order chi connectivity index (χ0) is 21.8. The van der Waals surface area contributed by atoms with E-state index in [4.69, 9.17) is 39.9 Å². The predicted molar refractivity (Wildman–Crippen MR) is 118 cm³/mol. The Morgan fingerprint density at radius 3 is 2.07 bits per heavy atom. The first-order chi connectivity index (χ1) is 14.2. The van der Waals surface area contributed by atoms with Crippen molar-refractivity contribution >= 4 is 74.9 Å². The lowest BCUT2D eigenvalue weighted by Gasteiger charge is -2.15. The van der Waals surface area contributed by atoms with Crippen molar-refractivity contribution in [2.75, 3.05) is 17.2 Å². The molecule has 0 aliphatic heterocycles. The molecule has 3 rings (SSSR count). The minimum atomic E-state index is -1.19. The molecule has 3 amide bonds. The van der Waals surface area contributed by atoms with Crippen LogP contribution >= 0.6 is 34.8 Å². The molecule has 30 heavy (non-hydrogen) atoms. The van der Waals surface area contributed by atoms with Gasteiger partial charge in [-0.2, -0.15) is 0 Å². The third-order valence-corrected chi connectivity index (χ3v) is 4.84. The normalized spacial score (nSPS) is 10.5. The summed E-state index contributed by atoms with van der Waals surface area (Å²) < 4.78 is 0. The summed E-state index contributed by atoms with van der Waals surface area (Å²) in [6, 6.07) is 12.5. The second kappa shape index (κ2) is 9.21. The van der Waals surface area contributed by atoms with Gasteiger partial charge in [0.25, 0.3) is 5.91 Å². The summed E-state index contributed by atoms with van der Waals surface area (Å²) in [7, 11) is 0. The summed E-state index contributed by atoms with van der Waals surface area (Å²) in [5.41, 5.74) is 0.423. The number of nitrogens with one attached hydrogen (secondary N) is 3. The van der Waals surface area contributed by atoms with E-state index in [0.29, 0.717) is 5.02 Å². The number of hydrogen-bond donors (Lipinski definition) is 4.